The van der Waals surface area contributed by atoms with Gasteiger partial charge in [0.05, 0.1) is 24.3 Å². The zero-order valence-corrected chi connectivity index (χ0v) is 17.9. The van der Waals surface area contributed by atoms with E-state index in [0.717, 1.165) is 49.0 Å². The second-order valence-electron chi connectivity index (χ2n) is 8.85. The highest BCUT2D eigenvalue weighted by molar-refractivity contribution is 6.36. The van der Waals surface area contributed by atoms with Crippen LogP contribution in [-0.4, -0.2) is 39.8 Å². The molecule has 1 aliphatic heterocycles. The molecule has 0 bridgehead atoms. The van der Waals surface area contributed by atoms with Crippen molar-refractivity contribution >= 4 is 40.2 Å². The number of hydrogen-bond donors (Lipinski definition) is 0. The molecule has 0 spiro atoms. The Bertz CT molecular complexity index is 862. The summed E-state index contributed by atoms with van der Waals surface area (Å²) in [6.45, 7) is 4.96. The van der Waals surface area contributed by atoms with E-state index < -0.39 is 0 Å². The van der Waals surface area contributed by atoms with Crippen molar-refractivity contribution in [2.45, 2.75) is 70.6 Å². The van der Waals surface area contributed by atoms with Crippen molar-refractivity contribution in [2.75, 3.05) is 18.1 Å². The minimum absolute atomic E-state index is 0.328. The van der Waals surface area contributed by atoms with Gasteiger partial charge in [0, 0.05) is 19.2 Å². The van der Waals surface area contributed by atoms with Gasteiger partial charge in [-0.1, -0.05) is 43.0 Å². The molecule has 5 rings (SSSR count). The molecular weight excluding hydrogens is 395 g/mol. The first-order valence-corrected chi connectivity index (χ1v) is 11.5. The lowest BCUT2D eigenvalue weighted by molar-refractivity contribution is 0.0247. The van der Waals surface area contributed by atoms with Gasteiger partial charge >= 0.3 is 0 Å². The Kier molecular flexibility index (Phi) is 5.18. The van der Waals surface area contributed by atoms with E-state index in [1.165, 1.54) is 38.5 Å². The van der Waals surface area contributed by atoms with Crippen LogP contribution in [0.15, 0.2) is 6.07 Å². The molecule has 1 saturated heterocycles. The van der Waals surface area contributed by atoms with Crippen molar-refractivity contribution in [1.29, 1.82) is 0 Å². The van der Waals surface area contributed by atoms with Crippen molar-refractivity contribution in [1.82, 2.24) is 14.5 Å². The van der Waals surface area contributed by atoms with Crippen LogP contribution in [0.25, 0.3) is 11.0 Å². The minimum Gasteiger partial charge on any atom is -0.374 e. The lowest BCUT2D eigenvalue weighted by Crippen LogP contribution is -2.49. The third-order valence-electron chi connectivity index (χ3n) is 6.95. The molecule has 2 aromatic rings. The molecule has 152 valence electrons. The number of rotatable bonds is 3. The first-order valence-electron chi connectivity index (χ1n) is 10.7. The third-order valence-corrected chi connectivity index (χ3v) is 7.40. The molecule has 7 heteroatoms. The quantitative estimate of drug-likeness (QED) is 0.627. The molecule has 3 aliphatic rings. The molecule has 3 fully saturated rings. The summed E-state index contributed by atoms with van der Waals surface area (Å²) in [7, 11) is 0. The lowest BCUT2D eigenvalue weighted by Gasteiger charge is -2.39. The van der Waals surface area contributed by atoms with E-state index in [0.29, 0.717) is 28.4 Å². The molecule has 0 aromatic carbocycles. The van der Waals surface area contributed by atoms with Crippen LogP contribution in [0.1, 0.15) is 51.9 Å². The zero-order valence-electron chi connectivity index (χ0n) is 16.4. The average Bonchev–Trinajstić information content (AvgIpc) is 3.28. The Morgan fingerprint density at radius 2 is 1.93 bits per heavy atom. The van der Waals surface area contributed by atoms with Crippen LogP contribution in [0, 0.1) is 11.8 Å². The Labute approximate surface area is 176 Å². The summed E-state index contributed by atoms with van der Waals surface area (Å²) in [5.74, 6) is 2.54. The second kappa shape index (κ2) is 7.66. The highest BCUT2D eigenvalue weighted by Gasteiger charge is 2.38. The number of aromatic nitrogens is 3. The van der Waals surface area contributed by atoms with Gasteiger partial charge < -0.3 is 14.2 Å². The van der Waals surface area contributed by atoms with Crippen molar-refractivity contribution in [2.24, 2.45) is 11.8 Å². The largest absolute Gasteiger partial charge is 0.374 e. The number of hydrogen-bond acceptors (Lipinski definition) is 4. The van der Waals surface area contributed by atoms with E-state index in [4.69, 9.17) is 32.9 Å². The van der Waals surface area contributed by atoms with Gasteiger partial charge in [0.1, 0.15) is 10.7 Å². The molecule has 0 amide bonds. The standard InChI is InChI=1S/C21H28Cl2N4O/c1-13-5-7-14(8-6-13)12-27-19-15(11-18(22)25-20(19)23)24-21(27)26-9-10-28-17-4-2-3-16(17)26/h11,13-14,16-17H,2-10,12H2,1H3/t13-,14-,16-,17-/m0/s1. The molecule has 2 aromatic heterocycles. The van der Waals surface area contributed by atoms with Crippen LogP contribution in [0.2, 0.25) is 10.3 Å². The van der Waals surface area contributed by atoms with Crippen LogP contribution in [0.4, 0.5) is 5.95 Å². The molecule has 0 radical (unpaired) electrons. The Morgan fingerprint density at radius 3 is 2.75 bits per heavy atom. The maximum absolute atomic E-state index is 6.57. The number of nitrogens with zero attached hydrogens (tertiary/aromatic N) is 4. The van der Waals surface area contributed by atoms with Crippen LogP contribution in [0.5, 0.6) is 0 Å². The summed E-state index contributed by atoms with van der Waals surface area (Å²) >= 11 is 12.8. The van der Waals surface area contributed by atoms with Gasteiger partial charge in [0.25, 0.3) is 0 Å². The van der Waals surface area contributed by atoms with Gasteiger partial charge in [-0.3, -0.25) is 0 Å². The molecule has 0 N–H and O–H groups in total. The highest BCUT2D eigenvalue weighted by atomic mass is 35.5. The predicted octanol–water partition coefficient (Wildman–Crippen LogP) is 5.32. The van der Waals surface area contributed by atoms with Gasteiger partial charge in [-0.15, -0.1) is 0 Å². The van der Waals surface area contributed by atoms with E-state index in [9.17, 15) is 0 Å². The van der Waals surface area contributed by atoms with Crippen LogP contribution >= 0.6 is 23.2 Å². The number of pyridine rings is 1. The summed E-state index contributed by atoms with van der Waals surface area (Å²) < 4.78 is 8.37. The zero-order chi connectivity index (χ0) is 19.3. The number of ether oxygens (including phenoxy) is 1. The van der Waals surface area contributed by atoms with Crippen LogP contribution in [0.3, 0.4) is 0 Å². The fourth-order valence-corrected chi connectivity index (χ4v) is 5.93. The fraction of sp³-hybridized carbons (Fsp3) is 0.714. The van der Waals surface area contributed by atoms with Crippen molar-refractivity contribution in [3.05, 3.63) is 16.4 Å². The first-order chi connectivity index (χ1) is 13.6. The van der Waals surface area contributed by atoms with E-state index >= 15 is 0 Å². The van der Waals surface area contributed by atoms with E-state index in [2.05, 4.69) is 21.4 Å². The Hall–Kier alpha value is -1.04. The van der Waals surface area contributed by atoms with Gasteiger partial charge in [-0.2, -0.15) is 0 Å². The number of fused-ring (bicyclic) bond motifs is 2. The fourth-order valence-electron chi connectivity index (χ4n) is 5.40. The van der Waals surface area contributed by atoms with Crippen molar-refractivity contribution in [3.63, 3.8) is 0 Å². The SMILES string of the molecule is C[C@H]1CC[C@H](Cn2c(N3CCO[C@H]4CCC[C@@H]43)nc3cc(Cl)nc(Cl)c32)CC1. The lowest BCUT2D eigenvalue weighted by atomic mass is 9.83. The molecule has 2 atom stereocenters. The normalized spacial score (nSPS) is 30.8. The Morgan fingerprint density at radius 1 is 1.11 bits per heavy atom. The topological polar surface area (TPSA) is 43.2 Å². The summed E-state index contributed by atoms with van der Waals surface area (Å²) in [6.07, 6.45) is 9.04. The number of anilines is 1. The average molecular weight is 423 g/mol. The van der Waals surface area contributed by atoms with Crippen molar-refractivity contribution < 1.29 is 4.74 Å². The maximum atomic E-state index is 6.57. The Balaban J connectivity index is 1.56. The molecule has 28 heavy (non-hydrogen) atoms. The smallest absolute Gasteiger partial charge is 0.207 e. The van der Waals surface area contributed by atoms with Gasteiger partial charge in [0.2, 0.25) is 5.95 Å². The molecule has 3 heterocycles. The minimum atomic E-state index is 0.328. The third kappa shape index (κ3) is 3.40. The van der Waals surface area contributed by atoms with E-state index in [1.807, 2.05) is 6.07 Å². The summed E-state index contributed by atoms with van der Waals surface area (Å²) in [4.78, 5) is 11.8. The van der Waals surface area contributed by atoms with Crippen LogP contribution < -0.4 is 4.90 Å². The number of halogens is 2. The van der Waals surface area contributed by atoms with Crippen molar-refractivity contribution in [3.8, 4) is 0 Å². The number of imidazole rings is 1. The molecule has 2 aliphatic carbocycles. The highest BCUT2D eigenvalue weighted by Crippen LogP contribution is 2.38. The molecule has 0 unspecified atom stereocenters. The van der Waals surface area contributed by atoms with Crippen LogP contribution in [-0.2, 0) is 11.3 Å². The number of morpholine rings is 1. The van der Waals surface area contributed by atoms with Gasteiger partial charge in [-0.05, 0) is 43.9 Å². The summed E-state index contributed by atoms with van der Waals surface area (Å²) in [5.41, 5.74) is 1.78. The monoisotopic (exact) mass is 422 g/mol. The van der Waals surface area contributed by atoms with E-state index in [-0.39, 0.29) is 0 Å². The molecule has 2 saturated carbocycles. The second-order valence-corrected chi connectivity index (χ2v) is 9.60. The van der Waals surface area contributed by atoms with Gasteiger partial charge in [-0.25, -0.2) is 9.97 Å². The van der Waals surface area contributed by atoms with Gasteiger partial charge in [0.15, 0.2) is 5.15 Å². The molecule has 5 nitrogen and oxygen atoms in total. The summed E-state index contributed by atoms with van der Waals surface area (Å²) in [5, 5.41) is 0.863. The first kappa shape index (κ1) is 19.0. The predicted molar refractivity (Wildman–Crippen MR) is 113 cm³/mol. The molecular formula is C21H28Cl2N4O. The summed E-state index contributed by atoms with van der Waals surface area (Å²) in [6, 6.07) is 2.26. The maximum Gasteiger partial charge on any atom is 0.207 e. The van der Waals surface area contributed by atoms with E-state index in [1.54, 1.807) is 0 Å².